The van der Waals surface area contributed by atoms with Crippen molar-refractivity contribution < 1.29 is 27.6 Å². The first-order valence-electron chi connectivity index (χ1n) is 23.7. The molecular formula is C46H72N6O6S. The highest BCUT2D eigenvalue weighted by atomic mass is 32.2. The maximum Gasteiger partial charge on any atom is 0.255 e. The molecular weight excluding hydrogens is 765 g/mol. The van der Waals surface area contributed by atoms with E-state index in [1.807, 2.05) is 20.8 Å². The number of sulfonamides is 1. The smallest absolute Gasteiger partial charge is 0.255 e. The number of nitrogens with one attached hydrogen (secondary N) is 4. The van der Waals surface area contributed by atoms with E-state index < -0.39 is 44.7 Å². The van der Waals surface area contributed by atoms with Crippen LogP contribution in [0.15, 0.2) is 11.3 Å². The number of carbonyl (C=O) groups excluding carboxylic acids is 4. The number of likely N-dealkylation sites (tertiary alicyclic amines) is 2. The third kappa shape index (κ3) is 7.06. The Morgan fingerprint density at radius 2 is 1.56 bits per heavy atom. The van der Waals surface area contributed by atoms with Gasteiger partial charge in [0, 0.05) is 30.2 Å². The van der Waals surface area contributed by atoms with Gasteiger partial charge in [-0.25, -0.2) is 8.42 Å². The van der Waals surface area contributed by atoms with E-state index in [1.165, 1.54) is 31.3 Å². The Hall–Kier alpha value is -2.67. The van der Waals surface area contributed by atoms with Crippen LogP contribution >= 0.6 is 0 Å². The van der Waals surface area contributed by atoms with Crippen molar-refractivity contribution in [2.24, 2.45) is 39.4 Å². The van der Waals surface area contributed by atoms with E-state index in [2.05, 4.69) is 44.3 Å². The molecule has 6 saturated carbocycles. The maximum absolute atomic E-state index is 15.7. The van der Waals surface area contributed by atoms with Gasteiger partial charge < -0.3 is 20.9 Å². The summed E-state index contributed by atoms with van der Waals surface area (Å²) < 4.78 is 28.2. The van der Waals surface area contributed by atoms with Gasteiger partial charge in [0.25, 0.3) is 5.91 Å². The Bertz CT molecular complexity index is 1860. The second-order valence-corrected chi connectivity index (χ2v) is 24.2. The van der Waals surface area contributed by atoms with E-state index in [0.717, 1.165) is 95.8 Å². The number of hydrogen-bond donors (Lipinski definition) is 4. The van der Waals surface area contributed by atoms with Gasteiger partial charge in [-0.1, -0.05) is 66.7 Å². The summed E-state index contributed by atoms with van der Waals surface area (Å²) in [5.41, 5.74) is 1.76. The summed E-state index contributed by atoms with van der Waals surface area (Å²) in [6.45, 7) is 13.1. The van der Waals surface area contributed by atoms with Crippen molar-refractivity contribution in [3.8, 4) is 0 Å². The minimum atomic E-state index is -3.71. The topological polar surface area (TPSA) is 157 Å². The fraction of sp³-hybridized carbons (Fsp3) is 0.870. The molecule has 3 heterocycles. The monoisotopic (exact) mass is 837 g/mol. The van der Waals surface area contributed by atoms with Crippen molar-refractivity contribution in [2.75, 3.05) is 19.6 Å². The molecule has 0 aromatic rings. The summed E-state index contributed by atoms with van der Waals surface area (Å²) in [5, 5.41) is 9.66. The quantitative estimate of drug-likeness (QED) is 0.219. The molecule has 3 aliphatic heterocycles. The Kier molecular flexibility index (Phi) is 10.6. The van der Waals surface area contributed by atoms with E-state index in [-0.39, 0.29) is 57.8 Å². The van der Waals surface area contributed by atoms with E-state index >= 15 is 4.79 Å². The van der Waals surface area contributed by atoms with Gasteiger partial charge >= 0.3 is 0 Å². The third-order valence-electron chi connectivity index (χ3n) is 17.9. The number of piperidine rings is 1. The lowest BCUT2D eigenvalue weighted by Crippen LogP contribution is -2.62. The summed E-state index contributed by atoms with van der Waals surface area (Å²) in [6, 6.07) is -1.95. The molecule has 6 aliphatic carbocycles. The zero-order chi connectivity index (χ0) is 41.7. The van der Waals surface area contributed by atoms with Crippen molar-refractivity contribution >= 4 is 33.7 Å². The fourth-order valence-electron chi connectivity index (χ4n) is 13.5. The van der Waals surface area contributed by atoms with E-state index in [1.54, 1.807) is 0 Å². The molecule has 59 heavy (non-hydrogen) atoms. The number of rotatable bonds is 11. The van der Waals surface area contributed by atoms with Crippen molar-refractivity contribution in [2.45, 2.75) is 192 Å². The standard InChI is InChI=1S/C46H72N6O6S/c1-43(2,3)38(49-39(53)30-14-10-23-51(26-30)31-15-9-16-31)41(55)48-36(28-12-7-6-8-13-28)42(56)52-27-46(44(4,5)45(46)21-11-22-45)25-35(52)37-33-20-17-29(33)24-34(47-37)40(54)50-59(57,58)32-18-19-32/h28-32,34-36,38,47H,6-27H2,1-5H3,(H,48,55)(H,49,53)(H,50,54)/t29?,30?,34-,35-,36-,38+,46+/m0/s1. The zero-order valence-corrected chi connectivity index (χ0v) is 37.3. The zero-order valence-electron chi connectivity index (χ0n) is 36.5. The molecule has 13 heteroatoms. The highest BCUT2D eigenvalue weighted by molar-refractivity contribution is 7.90. The number of nitrogens with zero attached hydrogens (tertiary/aromatic N) is 2. The molecule has 9 rings (SSSR count). The summed E-state index contributed by atoms with van der Waals surface area (Å²) in [6.07, 6.45) is 18.1. The van der Waals surface area contributed by atoms with Gasteiger partial charge in [0.1, 0.15) is 18.1 Å². The first-order chi connectivity index (χ1) is 28.0. The largest absolute Gasteiger partial charge is 0.375 e. The molecule has 4 amide bonds. The first kappa shape index (κ1) is 41.7. The first-order valence-corrected chi connectivity index (χ1v) is 25.2. The third-order valence-corrected chi connectivity index (χ3v) is 19.8. The second-order valence-electron chi connectivity index (χ2n) is 22.3. The average molecular weight is 837 g/mol. The molecule has 12 nitrogen and oxygen atoms in total. The molecule has 4 N–H and O–H groups in total. The minimum absolute atomic E-state index is 0.0208. The van der Waals surface area contributed by atoms with E-state index in [9.17, 15) is 22.8 Å². The number of carbonyl (C=O) groups is 4. The van der Waals surface area contributed by atoms with Gasteiger partial charge in [-0.2, -0.15) is 0 Å². The van der Waals surface area contributed by atoms with Crippen LogP contribution in [0.1, 0.15) is 157 Å². The number of allylic oxidation sites excluding steroid dienone is 1. The number of hydrogen-bond acceptors (Lipinski definition) is 8. The molecule has 0 aromatic carbocycles. The molecule has 2 spiro atoms. The molecule has 7 atom stereocenters. The van der Waals surface area contributed by atoms with Crippen LogP contribution in [0.3, 0.4) is 0 Å². The van der Waals surface area contributed by atoms with Crippen LogP contribution in [0.5, 0.6) is 0 Å². The lowest BCUT2D eigenvalue weighted by atomic mass is 9.70. The van der Waals surface area contributed by atoms with Gasteiger partial charge in [-0.05, 0) is 130 Å². The minimum Gasteiger partial charge on any atom is -0.375 e. The molecule has 2 unspecified atom stereocenters. The van der Waals surface area contributed by atoms with Crippen LogP contribution in [0.4, 0.5) is 0 Å². The van der Waals surface area contributed by atoms with Crippen LogP contribution in [-0.4, -0.2) is 96.9 Å². The summed E-state index contributed by atoms with van der Waals surface area (Å²) in [4.78, 5) is 62.7. The van der Waals surface area contributed by atoms with Gasteiger partial charge in [0.05, 0.1) is 17.2 Å². The van der Waals surface area contributed by atoms with Crippen LogP contribution in [0, 0.1) is 39.4 Å². The Balaban J connectivity index is 0.993. The molecule has 0 bridgehead atoms. The number of fused-ring (bicyclic) bond motifs is 2. The Morgan fingerprint density at radius 1 is 0.831 bits per heavy atom. The fourth-order valence-corrected chi connectivity index (χ4v) is 14.8. The highest BCUT2D eigenvalue weighted by Gasteiger charge is 2.85. The van der Waals surface area contributed by atoms with Crippen molar-refractivity contribution in [1.82, 2.24) is 30.5 Å². The van der Waals surface area contributed by atoms with Crippen molar-refractivity contribution in [3.63, 3.8) is 0 Å². The van der Waals surface area contributed by atoms with Crippen LogP contribution in [-0.2, 0) is 29.2 Å². The maximum atomic E-state index is 15.7. The summed E-state index contributed by atoms with van der Waals surface area (Å²) in [7, 11) is -3.71. The molecule has 2 saturated heterocycles. The van der Waals surface area contributed by atoms with Crippen molar-refractivity contribution in [3.05, 3.63) is 11.3 Å². The molecule has 9 aliphatic rings. The van der Waals surface area contributed by atoms with Crippen LogP contribution in [0.2, 0.25) is 0 Å². The van der Waals surface area contributed by atoms with Gasteiger partial charge in [0.15, 0.2) is 0 Å². The Morgan fingerprint density at radius 3 is 2.14 bits per heavy atom. The molecule has 328 valence electrons. The SMILES string of the molecule is CC(C)(C)[C@H](NC(=O)C1CCCN(C2CCC2)C1)C(=O)N[C@H](C(=O)N1C[C@]2(C[C@H]1C1=C3CCC3C[C@@H](C(=O)NS(=O)(=O)C3CC3)N1)C(C)(C)C21CCC1)C1CCCCC1. The number of amides is 4. The molecule has 8 fully saturated rings. The van der Waals surface area contributed by atoms with Gasteiger partial charge in [-0.15, -0.1) is 0 Å². The average Bonchev–Trinajstić information content (AvgIpc) is 4.01. The normalized spacial score (nSPS) is 34.1. The molecule has 0 aromatic heterocycles. The lowest BCUT2D eigenvalue weighted by molar-refractivity contribution is -0.141. The predicted molar refractivity (Wildman–Crippen MR) is 226 cm³/mol. The predicted octanol–water partition coefficient (Wildman–Crippen LogP) is 5.28. The van der Waals surface area contributed by atoms with E-state index in [0.29, 0.717) is 31.8 Å². The second kappa shape index (κ2) is 15.0. The Labute approximate surface area is 353 Å². The van der Waals surface area contributed by atoms with Gasteiger partial charge in [-0.3, -0.25) is 28.8 Å². The van der Waals surface area contributed by atoms with Gasteiger partial charge in [0.2, 0.25) is 27.7 Å². The molecule has 0 radical (unpaired) electrons. The van der Waals surface area contributed by atoms with Crippen molar-refractivity contribution in [1.29, 1.82) is 0 Å². The summed E-state index contributed by atoms with van der Waals surface area (Å²) in [5.74, 6) is -0.915. The lowest BCUT2D eigenvalue weighted by Gasteiger charge is -2.44. The van der Waals surface area contributed by atoms with Crippen LogP contribution < -0.4 is 20.7 Å². The summed E-state index contributed by atoms with van der Waals surface area (Å²) >= 11 is 0. The highest BCUT2D eigenvalue weighted by Crippen LogP contribution is 2.88. The van der Waals surface area contributed by atoms with E-state index in [4.69, 9.17) is 0 Å². The van der Waals surface area contributed by atoms with Crippen LogP contribution in [0.25, 0.3) is 0 Å².